The Balaban J connectivity index is 1.27. The second kappa shape index (κ2) is 10.2. The molecule has 0 N–H and O–H groups in total. The highest BCUT2D eigenvalue weighted by molar-refractivity contribution is 5.84. The molecule has 1 aromatic rings. The summed E-state index contributed by atoms with van der Waals surface area (Å²) in [6.07, 6.45) is -2.88. The molecule has 3 saturated heterocycles. The summed E-state index contributed by atoms with van der Waals surface area (Å²) in [7, 11) is 1.66. The molecule has 4 aliphatic rings. The van der Waals surface area contributed by atoms with E-state index in [1.54, 1.807) is 16.9 Å². The minimum atomic E-state index is -4.58. The van der Waals surface area contributed by atoms with Crippen LogP contribution in [0.15, 0.2) is 12.4 Å². The lowest BCUT2D eigenvalue weighted by Gasteiger charge is -2.40. The quantitative estimate of drug-likeness (QED) is 0.492. The molecule has 4 heterocycles. The van der Waals surface area contributed by atoms with Gasteiger partial charge in [0.15, 0.2) is 0 Å². The average Bonchev–Trinajstić information content (AvgIpc) is 3.58. The standard InChI is InChI=1S/C25H33F5N4O3/c1-36-19-13-37-5-3-16(19)6-15-2-4-24(9-15,10-21(26)27)23(35)34-12-17-7-18(34)11-33(17)22-8-20(25(28,29)30)31-14-32-22/h8,14-19,21H,2-7,9-13H2,1H3/t15-,16+,17-,18-,19+,24-/m0/s1. The first-order valence-electron chi connectivity index (χ1n) is 13.0. The summed E-state index contributed by atoms with van der Waals surface area (Å²) in [6, 6.07) is 0.496. The van der Waals surface area contributed by atoms with Gasteiger partial charge in [-0.3, -0.25) is 4.79 Å². The largest absolute Gasteiger partial charge is 0.433 e. The molecule has 2 bridgehead atoms. The van der Waals surface area contributed by atoms with Gasteiger partial charge in [-0.25, -0.2) is 18.7 Å². The normalized spacial score (nSPS) is 34.1. The molecule has 7 nitrogen and oxygen atoms in total. The molecule has 1 aliphatic carbocycles. The fourth-order valence-corrected chi connectivity index (χ4v) is 7.08. The zero-order valence-electron chi connectivity index (χ0n) is 20.8. The van der Waals surface area contributed by atoms with Crippen LogP contribution in [0.4, 0.5) is 27.8 Å². The maximum absolute atomic E-state index is 13.8. The van der Waals surface area contributed by atoms with Crippen molar-refractivity contribution in [1.29, 1.82) is 0 Å². The van der Waals surface area contributed by atoms with E-state index in [9.17, 15) is 26.7 Å². The van der Waals surface area contributed by atoms with Gasteiger partial charge in [-0.15, -0.1) is 0 Å². The van der Waals surface area contributed by atoms with Gasteiger partial charge in [-0.2, -0.15) is 13.2 Å². The molecule has 6 atom stereocenters. The summed E-state index contributed by atoms with van der Waals surface area (Å²) >= 11 is 0. The molecule has 0 unspecified atom stereocenters. The summed E-state index contributed by atoms with van der Waals surface area (Å²) < 4.78 is 78.0. The van der Waals surface area contributed by atoms with Crippen molar-refractivity contribution in [3.8, 4) is 0 Å². The topological polar surface area (TPSA) is 67.8 Å². The van der Waals surface area contributed by atoms with Crippen molar-refractivity contribution < 1.29 is 36.2 Å². The van der Waals surface area contributed by atoms with Crippen LogP contribution in [0.1, 0.15) is 50.6 Å². The highest BCUT2D eigenvalue weighted by Crippen LogP contribution is 2.51. The molecular weight excluding hydrogens is 499 g/mol. The van der Waals surface area contributed by atoms with Crippen LogP contribution in [0.5, 0.6) is 0 Å². The van der Waals surface area contributed by atoms with E-state index < -0.39 is 30.1 Å². The van der Waals surface area contributed by atoms with Crippen molar-refractivity contribution >= 4 is 11.7 Å². The monoisotopic (exact) mass is 532 g/mol. The zero-order chi connectivity index (χ0) is 26.4. The summed E-state index contributed by atoms with van der Waals surface area (Å²) in [4.78, 5) is 24.7. The van der Waals surface area contributed by atoms with E-state index in [2.05, 4.69) is 9.97 Å². The van der Waals surface area contributed by atoms with Gasteiger partial charge < -0.3 is 19.3 Å². The van der Waals surface area contributed by atoms with Crippen molar-refractivity contribution in [2.45, 2.75) is 75.7 Å². The Morgan fingerprint density at radius 2 is 2.05 bits per heavy atom. The van der Waals surface area contributed by atoms with E-state index in [1.807, 2.05) is 0 Å². The fourth-order valence-electron chi connectivity index (χ4n) is 7.08. The molecule has 5 rings (SSSR count). The summed E-state index contributed by atoms with van der Waals surface area (Å²) in [6.45, 7) is 1.81. The third-order valence-electron chi connectivity index (χ3n) is 8.83. The predicted molar refractivity (Wildman–Crippen MR) is 123 cm³/mol. The molecule has 0 aromatic carbocycles. The molecule has 206 valence electrons. The first kappa shape index (κ1) is 26.5. The number of amides is 1. The third-order valence-corrected chi connectivity index (χ3v) is 8.83. The fraction of sp³-hybridized carbons (Fsp3) is 0.800. The second-order valence-electron chi connectivity index (χ2n) is 11.0. The zero-order valence-corrected chi connectivity index (χ0v) is 20.8. The van der Waals surface area contributed by atoms with Crippen molar-refractivity contribution in [2.24, 2.45) is 17.3 Å². The molecule has 12 heteroatoms. The first-order chi connectivity index (χ1) is 17.6. The lowest BCUT2D eigenvalue weighted by Crippen LogP contribution is -2.53. The molecule has 3 aliphatic heterocycles. The van der Waals surface area contributed by atoms with Crippen molar-refractivity contribution in [3.63, 3.8) is 0 Å². The number of methoxy groups -OCH3 is 1. The summed E-state index contributed by atoms with van der Waals surface area (Å²) in [5, 5.41) is 0. The number of rotatable bonds is 7. The average molecular weight is 533 g/mol. The lowest BCUT2D eigenvalue weighted by molar-refractivity contribution is -0.146. The van der Waals surface area contributed by atoms with Gasteiger partial charge in [0.05, 0.1) is 30.2 Å². The minimum Gasteiger partial charge on any atom is -0.379 e. The van der Waals surface area contributed by atoms with Gasteiger partial charge in [-0.1, -0.05) is 0 Å². The summed E-state index contributed by atoms with van der Waals surface area (Å²) in [5.41, 5.74) is -2.11. The molecule has 37 heavy (non-hydrogen) atoms. The Hall–Kier alpha value is -2.08. The molecule has 1 amide bonds. The van der Waals surface area contributed by atoms with E-state index in [0.717, 1.165) is 31.7 Å². The van der Waals surface area contributed by atoms with Gasteiger partial charge in [0, 0.05) is 39.3 Å². The van der Waals surface area contributed by atoms with Gasteiger partial charge in [-0.05, 0) is 50.4 Å². The number of aromatic nitrogens is 2. The molecule has 1 aromatic heterocycles. The minimum absolute atomic E-state index is 0.0190. The van der Waals surface area contributed by atoms with Crippen LogP contribution in [0, 0.1) is 17.3 Å². The van der Waals surface area contributed by atoms with Crippen LogP contribution in [-0.2, 0) is 20.4 Å². The first-order valence-corrected chi connectivity index (χ1v) is 13.0. The van der Waals surface area contributed by atoms with Crippen molar-refractivity contribution in [2.75, 3.05) is 38.3 Å². The predicted octanol–water partition coefficient (Wildman–Crippen LogP) is 4.17. The van der Waals surface area contributed by atoms with Crippen LogP contribution >= 0.6 is 0 Å². The number of ether oxygens (including phenoxy) is 2. The number of hydrogen-bond acceptors (Lipinski definition) is 6. The number of hydrogen-bond donors (Lipinski definition) is 0. The maximum Gasteiger partial charge on any atom is 0.433 e. The highest BCUT2D eigenvalue weighted by atomic mass is 19.4. The van der Waals surface area contributed by atoms with Gasteiger partial charge in [0.25, 0.3) is 0 Å². The number of carbonyl (C=O) groups is 1. The highest BCUT2D eigenvalue weighted by Gasteiger charge is 2.54. The Morgan fingerprint density at radius 1 is 1.24 bits per heavy atom. The van der Waals surface area contributed by atoms with Crippen LogP contribution in [0.3, 0.4) is 0 Å². The van der Waals surface area contributed by atoms with E-state index in [1.165, 1.54) is 0 Å². The van der Waals surface area contributed by atoms with E-state index in [0.29, 0.717) is 45.6 Å². The Bertz CT molecular complexity index is 982. The van der Waals surface area contributed by atoms with Crippen molar-refractivity contribution in [3.05, 3.63) is 18.1 Å². The number of likely N-dealkylation sites (tertiary alicyclic amines) is 1. The number of piperazine rings is 1. The van der Waals surface area contributed by atoms with Crippen molar-refractivity contribution in [1.82, 2.24) is 14.9 Å². The van der Waals surface area contributed by atoms with Gasteiger partial charge in [0.1, 0.15) is 17.8 Å². The van der Waals surface area contributed by atoms with E-state index >= 15 is 0 Å². The number of anilines is 1. The summed E-state index contributed by atoms with van der Waals surface area (Å²) in [5.74, 6) is 0.402. The molecule has 4 fully saturated rings. The third kappa shape index (κ3) is 5.28. The maximum atomic E-state index is 13.8. The second-order valence-corrected chi connectivity index (χ2v) is 11.0. The SMILES string of the molecule is CO[C@@H]1COCC[C@@H]1C[C@@H]1CC[C@](CC(F)F)(C(=O)N2C[C@@H]3C[C@H]2CN3c2cc(C(F)(F)F)ncn2)C1. The van der Waals surface area contributed by atoms with Crippen LogP contribution in [0.25, 0.3) is 0 Å². The Kier molecular flexibility index (Phi) is 7.34. The molecule has 0 radical (unpaired) electrons. The number of halogens is 5. The number of fused-ring (bicyclic) bond motifs is 2. The van der Waals surface area contributed by atoms with Crippen LogP contribution in [0.2, 0.25) is 0 Å². The lowest BCUT2D eigenvalue weighted by atomic mass is 9.78. The smallest absolute Gasteiger partial charge is 0.379 e. The number of carbonyl (C=O) groups excluding carboxylic acids is 1. The van der Waals surface area contributed by atoms with Gasteiger partial charge >= 0.3 is 6.18 Å². The molecular formula is C25H33F5N4O3. The molecule has 1 saturated carbocycles. The van der Waals surface area contributed by atoms with Crippen LogP contribution in [-0.4, -0.2) is 78.8 Å². The van der Waals surface area contributed by atoms with E-state index in [-0.39, 0.29) is 41.7 Å². The number of nitrogens with zero attached hydrogens (tertiary/aromatic N) is 4. The van der Waals surface area contributed by atoms with Gasteiger partial charge in [0.2, 0.25) is 12.3 Å². The van der Waals surface area contributed by atoms with E-state index in [4.69, 9.17) is 9.47 Å². The Morgan fingerprint density at radius 3 is 2.73 bits per heavy atom. The number of alkyl halides is 5. The molecule has 0 spiro atoms. The van der Waals surface area contributed by atoms with Crippen LogP contribution < -0.4 is 4.90 Å². The Labute approximate surface area is 212 Å².